The molecule has 1 aliphatic heterocycles. The van der Waals surface area contributed by atoms with E-state index >= 15 is 0 Å². The predicted octanol–water partition coefficient (Wildman–Crippen LogP) is 4.27. The molecule has 0 radical (unpaired) electrons. The monoisotopic (exact) mass is 419 g/mol. The second-order valence-corrected chi connectivity index (χ2v) is 8.88. The van der Waals surface area contributed by atoms with Crippen molar-refractivity contribution >= 4 is 28.2 Å². The Labute approximate surface area is 180 Å². The molecule has 0 bridgehead atoms. The van der Waals surface area contributed by atoms with E-state index in [0.29, 0.717) is 16.1 Å². The number of thiophene rings is 1. The third-order valence-corrected chi connectivity index (χ3v) is 6.76. The molecule has 6 heteroatoms. The van der Waals surface area contributed by atoms with Crippen LogP contribution in [0, 0.1) is 13.8 Å². The maximum atomic E-state index is 12.8. The lowest BCUT2D eigenvalue weighted by Crippen LogP contribution is -2.30. The number of anilines is 1. The SMILES string of the molecule is Cc1ccc(C(=O)Nc2sc3c(c2C(N)=O)CCN(Cc2ccccc2)C3)cc1C. The molecule has 0 saturated heterocycles. The Morgan fingerprint density at radius 1 is 1.10 bits per heavy atom. The van der Waals surface area contributed by atoms with Crippen LogP contribution in [0.4, 0.5) is 5.00 Å². The van der Waals surface area contributed by atoms with Crippen LogP contribution < -0.4 is 11.1 Å². The van der Waals surface area contributed by atoms with Crippen LogP contribution in [0.3, 0.4) is 0 Å². The molecule has 1 aromatic heterocycles. The fraction of sp³-hybridized carbons (Fsp3) is 0.250. The van der Waals surface area contributed by atoms with Crippen LogP contribution >= 0.6 is 11.3 Å². The molecule has 0 saturated carbocycles. The molecule has 154 valence electrons. The average molecular weight is 420 g/mol. The fourth-order valence-electron chi connectivity index (χ4n) is 3.84. The number of nitrogens with two attached hydrogens (primary N) is 1. The van der Waals surface area contributed by atoms with Gasteiger partial charge in [-0.25, -0.2) is 0 Å². The summed E-state index contributed by atoms with van der Waals surface area (Å²) < 4.78 is 0. The predicted molar refractivity (Wildman–Crippen MR) is 121 cm³/mol. The van der Waals surface area contributed by atoms with Gasteiger partial charge in [0.1, 0.15) is 5.00 Å². The van der Waals surface area contributed by atoms with Gasteiger partial charge in [0.25, 0.3) is 11.8 Å². The number of carbonyl (C=O) groups excluding carboxylic acids is 2. The first-order valence-corrected chi connectivity index (χ1v) is 10.8. The number of amides is 2. The van der Waals surface area contributed by atoms with Crippen molar-refractivity contribution in [1.29, 1.82) is 0 Å². The number of aryl methyl sites for hydroxylation is 2. The van der Waals surface area contributed by atoms with Crippen molar-refractivity contribution in [3.63, 3.8) is 0 Å². The number of hydrogen-bond acceptors (Lipinski definition) is 4. The molecule has 2 aromatic carbocycles. The maximum Gasteiger partial charge on any atom is 0.256 e. The smallest absolute Gasteiger partial charge is 0.256 e. The minimum Gasteiger partial charge on any atom is -0.365 e. The Bertz CT molecular complexity index is 1110. The minimum absolute atomic E-state index is 0.222. The van der Waals surface area contributed by atoms with Gasteiger partial charge < -0.3 is 11.1 Å². The summed E-state index contributed by atoms with van der Waals surface area (Å²) in [5.41, 5.74) is 11.2. The first kappa shape index (κ1) is 20.3. The van der Waals surface area contributed by atoms with E-state index in [2.05, 4.69) is 22.3 Å². The van der Waals surface area contributed by atoms with E-state index < -0.39 is 5.91 Å². The topological polar surface area (TPSA) is 75.4 Å². The second kappa shape index (κ2) is 8.42. The van der Waals surface area contributed by atoms with Crippen molar-refractivity contribution in [2.75, 3.05) is 11.9 Å². The van der Waals surface area contributed by atoms with Gasteiger partial charge in [-0.1, -0.05) is 36.4 Å². The van der Waals surface area contributed by atoms with Crippen molar-refractivity contribution in [2.45, 2.75) is 33.4 Å². The highest BCUT2D eigenvalue weighted by Crippen LogP contribution is 2.37. The van der Waals surface area contributed by atoms with E-state index in [4.69, 9.17) is 5.73 Å². The number of nitrogens with one attached hydrogen (secondary N) is 1. The van der Waals surface area contributed by atoms with Gasteiger partial charge in [-0.15, -0.1) is 11.3 Å². The van der Waals surface area contributed by atoms with E-state index in [1.165, 1.54) is 16.9 Å². The van der Waals surface area contributed by atoms with Crippen LogP contribution in [0.2, 0.25) is 0 Å². The molecule has 4 rings (SSSR count). The van der Waals surface area contributed by atoms with Gasteiger partial charge in [-0.3, -0.25) is 14.5 Å². The van der Waals surface area contributed by atoms with Gasteiger partial charge in [-0.05, 0) is 54.7 Å². The van der Waals surface area contributed by atoms with E-state index in [1.54, 1.807) is 6.07 Å². The van der Waals surface area contributed by atoms with E-state index in [-0.39, 0.29) is 5.91 Å². The van der Waals surface area contributed by atoms with Crippen molar-refractivity contribution < 1.29 is 9.59 Å². The van der Waals surface area contributed by atoms with Crippen molar-refractivity contribution in [3.8, 4) is 0 Å². The van der Waals surface area contributed by atoms with E-state index in [0.717, 1.165) is 47.6 Å². The van der Waals surface area contributed by atoms with Crippen LogP contribution in [0.15, 0.2) is 48.5 Å². The van der Waals surface area contributed by atoms with Gasteiger partial charge >= 0.3 is 0 Å². The number of nitrogens with zero attached hydrogens (tertiary/aromatic N) is 1. The third kappa shape index (κ3) is 4.15. The molecule has 0 aliphatic carbocycles. The molecule has 3 N–H and O–H groups in total. The zero-order chi connectivity index (χ0) is 21.3. The number of carbonyl (C=O) groups is 2. The van der Waals surface area contributed by atoms with Crippen molar-refractivity contribution in [1.82, 2.24) is 4.90 Å². The van der Waals surface area contributed by atoms with Crippen LogP contribution in [-0.4, -0.2) is 23.3 Å². The Morgan fingerprint density at radius 2 is 1.87 bits per heavy atom. The standard InChI is InChI=1S/C24H25N3O2S/c1-15-8-9-18(12-16(15)2)23(29)26-24-21(22(25)28)19-10-11-27(14-20(19)30-24)13-17-6-4-3-5-7-17/h3-9,12H,10-11,13-14H2,1-2H3,(H2,25,28)(H,26,29). The second-order valence-electron chi connectivity index (χ2n) is 7.77. The fourth-order valence-corrected chi connectivity index (χ4v) is 5.13. The molecule has 30 heavy (non-hydrogen) atoms. The minimum atomic E-state index is -0.487. The summed E-state index contributed by atoms with van der Waals surface area (Å²) in [5, 5.41) is 3.49. The molecule has 0 fully saturated rings. The highest BCUT2D eigenvalue weighted by atomic mass is 32.1. The van der Waals surface area contributed by atoms with Crippen LogP contribution in [0.1, 0.15) is 47.8 Å². The van der Waals surface area contributed by atoms with Crippen molar-refractivity contribution in [2.24, 2.45) is 5.73 Å². The molecule has 3 aromatic rings. The molecule has 2 heterocycles. The average Bonchev–Trinajstić information content (AvgIpc) is 3.08. The molecular weight excluding hydrogens is 394 g/mol. The Hall–Kier alpha value is -2.96. The number of hydrogen-bond donors (Lipinski definition) is 2. The summed E-state index contributed by atoms with van der Waals surface area (Å²) in [6.45, 7) is 6.44. The summed E-state index contributed by atoms with van der Waals surface area (Å²) in [5.74, 6) is -0.709. The van der Waals surface area contributed by atoms with Gasteiger partial charge in [0, 0.05) is 30.1 Å². The highest BCUT2D eigenvalue weighted by molar-refractivity contribution is 7.17. The molecule has 1 aliphatic rings. The molecule has 0 spiro atoms. The number of benzene rings is 2. The van der Waals surface area contributed by atoms with Gasteiger partial charge in [0.2, 0.25) is 0 Å². The Balaban J connectivity index is 1.57. The number of fused-ring (bicyclic) bond motifs is 1. The quantitative estimate of drug-likeness (QED) is 0.648. The lowest BCUT2D eigenvalue weighted by Gasteiger charge is -2.27. The first-order valence-electron chi connectivity index (χ1n) is 10.0. The van der Waals surface area contributed by atoms with E-state index in [1.807, 2.05) is 44.2 Å². The highest BCUT2D eigenvalue weighted by Gasteiger charge is 2.28. The Kier molecular flexibility index (Phi) is 5.70. The van der Waals surface area contributed by atoms with Gasteiger partial charge in [0.05, 0.1) is 5.56 Å². The largest absolute Gasteiger partial charge is 0.365 e. The zero-order valence-corrected chi connectivity index (χ0v) is 18.0. The molecule has 0 atom stereocenters. The molecular formula is C24H25N3O2S. The van der Waals surface area contributed by atoms with Crippen molar-refractivity contribution in [3.05, 3.63) is 86.8 Å². The number of primary amides is 1. The van der Waals surface area contributed by atoms with Crippen LogP contribution in [0.5, 0.6) is 0 Å². The van der Waals surface area contributed by atoms with Crippen LogP contribution in [0.25, 0.3) is 0 Å². The van der Waals surface area contributed by atoms with Gasteiger partial charge in [-0.2, -0.15) is 0 Å². The summed E-state index contributed by atoms with van der Waals surface area (Å²) in [6, 6.07) is 15.9. The van der Waals surface area contributed by atoms with Gasteiger partial charge in [0.15, 0.2) is 0 Å². The summed E-state index contributed by atoms with van der Waals surface area (Å²) in [4.78, 5) is 28.5. The summed E-state index contributed by atoms with van der Waals surface area (Å²) in [6.07, 6.45) is 0.746. The third-order valence-electron chi connectivity index (χ3n) is 5.63. The van der Waals surface area contributed by atoms with E-state index in [9.17, 15) is 9.59 Å². The molecule has 0 unspecified atom stereocenters. The molecule has 5 nitrogen and oxygen atoms in total. The maximum absolute atomic E-state index is 12.8. The Morgan fingerprint density at radius 3 is 2.57 bits per heavy atom. The summed E-state index contributed by atoms with van der Waals surface area (Å²) >= 11 is 1.46. The first-order chi connectivity index (χ1) is 14.4. The number of rotatable bonds is 5. The lowest BCUT2D eigenvalue weighted by atomic mass is 10.0. The normalized spacial score (nSPS) is 13.7. The van der Waals surface area contributed by atoms with Crippen LogP contribution in [-0.2, 0) is 19.5 Å². The molecule has 2 amide bonds. The lowest BCUT2D eigenvalue weighted by molar-refractivity contribution is 0.0999. The zero-order valence-electron chi connectivity index (χ0n) is 17.2. The summed E-state index contributed by atoms with van der Waals surface area (Å²) in [7, 11) is 0.